The first-order chi connectivity index (χ1) is 8.52. The van der Waals surface area contributed by atoms with Gasteiger partial charge in [-0.2, -0.15) is 0 Å². The van der Waals surface area contributed by atoms with E-state index in [-0.39, 0.29) is 31.6 Å². The molecule has 1 aromatic rings. The third kappa shape index (κ3) is 4.94. The molecule has 100 valence electrons. The van der Waals surface area contributed by atoms with Crippen molar-refractivity contribution in [3.8, 4) is 5.75 Å². The number of benzene rings is 1. The fraction of sp³-hybridized carbons (Fsp3) is 0.462. The average molecular weight is 272 g/mol. The summed E-state index contributed by atoms with van der Waals surface area (Å²) in [6.07, 6.45) is 0.294. The van der Waals surface area contributed by atoms with Crippen LogP contribution in [0.2, 0.25) is 5.02 Å². The Morgan fingerprint density at radius 1 is 1.50 bits per heavy atom. The van der Waals surface area contributed by atoms with Gasteiger partial charge in [-0.25, -0.2) is 0 Å². The lowest BCUT2D eigenvalue weighted by atomic mass is 10.1. The number of hydrogen-bond donors (Lipinski definition) is 2. The number of carbonyl (C=O) groups excluding carboxylic acids is 1. The van der Waals surface area contributed by atoms with E-state index in [4.69, 9.17) is 21.4 Å². The molecule has 0 radical (unpaired) electrons. The van der Waals surface area contributed by atoms with E-state index in [0.29, 0.717) is 10.8 Å². The molecule has 0 atom stereocenters. The van der Waals surface area contributed by atoms with E-state index < -0.39 is 0 Å². The molecular formula is C13H18ClNO3. The second kappa shape index (κ2) is 7.24. The summed E-state index contributed by atoms with van der Waals surface area (Å²) in [6.45, 7) is 4.05. The SMILES string of the molecule is CC(C)Oc1ccc(CC(=O)NCCO)cc1Cl. The van der Waals surface area contributed by atoms with Crippen LogP contribution in [-0.2, 0) is 11.2 Å². The van der Waals surface area contributed by atoms with Crippen LogP contribution in [0.15, 0.2) is 18.2 Å². The van der Waals surface area contributed by atoms with Gasteiger partial charge in [-0.05, 0) is 31.5 Å². The maximum absolute atomic E-state index is 11.4. The topological polar surface area (TPSA) is 58.6 Å². The Morgan fingerprint density at radius 2 is 2.22 bits per heavy atom. The summed E-state index contributed by atoms with van der Waals surface area (Å²) in [5.74, 6) is 0.476. The molecule has 0 saturated carbocycles. The minimum atomic E-state index is -0.141. The second-order valence-electron chi connectivity index (χ2n) is 4.18. The molecule has 0 heterocycles. The molecule has 0 unspecified atom stereocenters. The highest BCUT2D eigenvalue weighted by molar-refractivity contribution is 6.32. The predicted octanol–water partition coefficient (Wildman–Crippen LogP) is 1.78. The maximum atomic E-state index is 11.4. The minimum absolute atomic E-state index is 0.0567. The van der Waals surface area contributed by atoms with Crippen molar-refractivity contribution in [1.82, 2.24) is 5.32 Å². The Labute approximate surface area is 112 Å². The molecule has 0 fully saturated rings. The number of hydrogen-bond acceptors (Lipinski definition) is 3. The molecule has 0 aliphatic rings. The molecule has 0 bridgehead atoms. The highest BCUT2D eigenvalue weighted by Gasteiger charge is 2.07. The maximum Gasteiger partial charge on any atom is 0.224 e. The average Bonchev–Trinajstić information content (AvgIpc) is 2.29. The number of ether oxygens (including phenoxy) is 1. The molecule has 5 heteroatoms. The van der Waals surface area contributed by atoms with Gasteiger partial charge in [0.1, 0.15) is 5.75 Å². The zero-order chi connectivity index (χ0) is 13.5. The van der Waals surface area contributed by atoms with Gasteiger partial charge in [0.05, 0.1) is 24.2 Å². The fourth-order valence-corrected chi connectivity index (χ4v) is 1.69. The van der Waals surface area contributed by atoms with Crippen LogP contribution in [0.4, 0.5) is 0 Å². The number of halogens is 1. The summed E-state index contributed by atoms with van der Waals surface area (Å²) in [4.78, 5) is 11.4. The Morgan fingerprint density at radius 3 is 2.78 bits per heavy atom. The first-order valence-electron chi connectivity index (χ1n) is 5.85. The van der Waals surface area contributed by atoms with Gasteiger partial charge < -0.3 is 15.2 Å². The normalized spacial score (nSPS) is 10.5. The van der Waals surface area contributed by atoms with Gasteiger partial charge in [0.15, 0.2) is 0 Å². The van der Waals surface area contributed by atoms with Crippen molar-refractivity contribution in [2.75, 3.05) is 13.2 Å². The third-order valence-corrected chi connectivity index (χ3v) is 2.45. The number of carbonyl (C=O) groups is 1. The molecule has 4 nitrogen and oxygen atoms in total. The van der Waals surface area contributed by atoms with Crippen molar-refractivity contribution in [3.05, 3.63) is 28.8 Å². The summed E-state index contributed by atoms with van der Waals surface area (Å²) in [5, 5.41) is 11.7. The van der Waals surface area contributed by atoms with E-state index in [2.05, 4.69) is 5.32 Å². The van der Waals surface area contributed by atoms with Crippen molar-refractivity contribution in [3.63, 3.8) is 0 Å². The molecule has 2 N–H and O–H groups in total. The molecule has 0 aliphatic carbocycles. The van der Waals surface area contributed by atoms with Crippen LogP contribution in [-0.4, -0.2) is 30.3 Å². The fourth-order valence-electron chi connectivity index (χ4n) is 1.45. The highest BCUT2D eigenvalue weighted by atomic mass is 35.5. The van der Waals surface area contributed by atoms with Crippen molar-refractivity contribution in [2.24, 2.45) is 0 Å². The zero-order valence-corrected chi connectivity index (χ0v) is 11.3. The van der Waals surface area contributed by atoms with Gasteiger partial charge in [0, 0.05) is 6.54 Å². The van der Waals surface area contributed by atoms with E-state index in [1.165, 1.54) is 0 Å². The molecular weight excluding hydrogens is 254 g/mol. The summed E-state index contributed by atoms with van der Waals surface area (Å²) in [6, 6.07) is 5.29. The Bertz CT molecular complexity index is 407. The van der Waals surface area contributed by atoms with Crippen LogP contribution < -0.4 is 10.1 Å². The molecule has 0 spiro atoms. The molecule has 0 aliphatic heterocycles. The standard InChI is InChI=1S/C13H18ClNO3/c1-9(2)18-12-4-3-10(7-11(12)14)8-13(17)15-5-6-16/h3-4,7,9,16H,5-6,8H2,1-2H3,(H,15,17). The summed E-state index contributed by atoms with van der Waals surface area (Å²) < 4.78 is 5.50. The molecule has 1 rings (SSSR count). The van der Waals surface area contributed by atoms with Gasteiger partial charge >= 0.3 is 0 Å². The van der Waals surface area contributed by atoms with E-state index >= 15 is 0 Å². The van der Waals surface area contributed by atoms with Crippen LogP contribution in [0.3, 0.4) is 0 Å². The summed E-state index contributed by atoms with van der Waals surface area (Å²) in [5.41, 5.74) is 0.812. The second-order valence-corrected chi connectivity index (χ2v) is 4.59. The number of rotatable bonds is 6. The van der Waals surface area contributed by atoms with E-state index in [9.17, 15) is 4.79 Å². The largest absolute Gasteiger partial charge is 0.489 e. The molecule has 1 amide bonds. The van der Waals surface area contributed by atoms with Gasteiger partial charge in [-0.1, -0.05) is 17.7 Å². The van der Waals surface area contributed by atoms with Crippen LogP contribution in [0.1, 0.15) is 19.4 Å². The Hall–Kier alpha value is -1.26. The Kier molecular flexibility index (Phi) is 5.95. The molecule has 0 aromatic heterocycles. The van der Waals surface area contributed by atoms with Crippen LogP contribution in [0, 0.1) is 0 Å². The first kappa shape index (κ1) is 14.8. The smallest absolute Gasteiger partial charge is 0.224 e. The number of amides is 1. The van der Waals surface area contributed by atoms with Crippen molar-refractivity contribution in [2.45, 2.75) is 26.4 Å². The van der Waals surface area contributed by atoms with Gasteiger partial charge in [0.2, 0.25) is 5.91 Å². The van der Waals surface area contributed by atoms with Gasteiger partial charge in [-0.3, -0.25) is 4.79 Å². The van der Waals surface area contributed by atoms with E-state index in [0.717, 1.165) is 5.56 Å². The number of aliphatic hydroxyl groups is 1. The predicted molar refractivity (Wildman–Crippen MR) is 71.0 cm³/mol. The Balaban J connectivity index is 2.63. The minimum Gasteiger partial charge on any atom is -0.489 e. The van der Waals surface area contributed by atoms with E-state index in [1.807, 2.05) is 19.9 Å². The lowest BCUT2D eigenvalue weighted by Gasteiger charge is -2.12. The molecule has 18 heavy (non-hydrogen) atoms. The lowest BCUT2D eigenvalue weighted by Crippen LogP contribution is -2.27. The zero-order valence-electron chi connectivity index (χ0n) is 10.6. The van der Waals surface area contributed by atoms with Gasteiger partial charge in [0.25, 0.3) is 0 Å². The molecule has 0 saturated heterocycles. The van der Waals surface area contributed by atoms with Crippen LogP contribution in [0.5, 0.6) is 5.75 Å². The van der Waals surface area contributed by atoms with E-state index in [1.54, 1.807) is 12.1 Å². The van der Waals surface area contributed by atoms with Crippen LogP contribution >= 0.6 is 11.6 Å². The highest BCUT2D eigenvalue weighted by Crippen LogP contribution is 2.26. The number of aliphatic hydroxyl groups excluding tert-OH is 1. The summed E-state index contributed by atoms with van der Waals surface area (Å²) in [7, 11) is 0. The quantitative estimate of drug-likeness (QED) is 0.829. The van der Waals surface area contributed by atoms with Crippen LogP contribution in [0.25, 0.3) is 0 Å². The first-order valence-corrected chi connectivity index (χ1v) is 6.23. The van der Waals surface area contributed by atoms with Crippen molar-refractivity contribution >= 4 is 17.5 Å². The van der Waals surface area contributed by atoms with Crippen molar-refractivity contribution < 1.29 is 14.6 Å². The monoisotopic (exact) mass is 271 g/mol. The lowest BCUT2D eigenvalue weighted by molar-refractivity contribution is -0.120. The third-order valence-electron chi connectivity index (χ3n) is 2.16. The molecule has 1 aromatic carbocycles. The van der Waals surface area contributed by atoms with Gasteiger partial charge in [-0.15, -0.1) is 0 Å². The summed E-state index contributed by atoms with van der Waals surface area (Å²) >= 11 is 6.06. The number of nitrogens with one attached hydrogen (secondary N) is 1. The van der Waals surface area contributed by atoms with Crippen molar-refractivity contribution in [1.29, 1.82) is 0 Å².